The van der Waals surface area contributed by atoms with Crippen LogP contribution in [0.1, 0.15) is 72.6 Å². The fraction of sp³-hybridized carbons (Fsp3) is 0.833. The van der Waals surface area contributed by atoms with Crippen molar-refractivity contribution in [2.75, 3.05) is 0 Å². The molecule has 1 saturated carbocycles. The highest BCUT2D eigenvalue weighted by Crippen LogP contribution is 2.64. The fourth-order valence-electron chi connectivity index (χ4n) is 4.88. The summed E-state index contributed by atoms with van der Waals surface area (Å²) >= 11 is 0. The molecule has 3 atom stereocenters. The molecular weight excluding hydrogens is 248 g/mol. The maximum absolute atomic E-state index is 12.2. The summed E-state index contributed by atoms with van der Waals surface area (Å²) in [4.78, 5) is 12.2. The molecule has 0 unspecified atom stereocenters. The predicted octanol–water partition coefficient (Wildman–Crippen LogP) is 4.43. The Morgan fingerprint density at radius 3 is 2.80 bits per heavy atom. The molecule has 20 heavy (non-hydrogen) atoms. The minimum atomic E-state index is -0.150. The Balaban J connectivity index is 2.04. The van der Waals surface area contributed by atoms with Crippen LogP contribution in [0.5, 0.6) is 0 Å². The van der Waals surface area contributed by atoms with E-state index in [0.717, 1.165) is 25.7 Å². The molecule has 2 fully saturated rings. The van der Waals surface area contributed by atoms with Crippen LogP contribution in [0.4, 0.5) is 0 Å². The summed E-state index contributed by atoms with van der Waals surface area (Å²) in [5, 5.41) is 0. The molecule has 0 aromatic rings. The Morgan fingerprint density at radius 2 is 2.10 bits per heavy atom. The monoisotopic (exact) mass is 276 g/mol. The van der Waals surface area contributed by atoms with Crippen molar-refractivity contribution in [1.82, 2.24) is 0 Å². The molecule has 0 aromatic carbocycles. The van der Waals surface area contributed by atoms with Crippen molar-refractivity contribution in [2.24, 2.45) is 11.3 Å². The third kappa shape index (κ3) is 1.83. The minimum Gasteiger partial charge on any atom is -0.364 e. The average molecular weight is 276 g/mol. The second-order valence-corrected chi connectivity index (χ2v) is 7.95. The Hall–Kier alpha value is -0.630. The smallest absolute Gasteiger partial charge is 0.156 e. The van der Waals surface area contributed by atoms with E-state index >= 15 is 0 Å². The van der Waals surface area contributed by atoms with E-state index in [9.17, 15) is 4.79 Å². The highest BCUT2D eigenvalue weighted by Gasteiger charge is 2.65. The van der Waals surface area contributed by atoms with Gasteiger partial charge in [0.05, 0.1) is 11.2 Å². The van der Waals surface area contributed by atoms with Gasteiger partial charge in [0.15, 0.2) is 5.78 Å². The molecule has 0 aromatic heterocycles. The molecule has 0 radical (unpaired) electrons. The molecule has 2 heteroatoms. The number of carbonyl (C=O) groups is 1. The molecule has 3 aliphatic rings. The first-order valence-corrected chi connectivity index (χ1v) is 8.27. The number of allylic oxidation sites excluding steroid dienone is 1. The molecule has 0 N–H and O–H groups in total. The van der Waals surface area contributed by atoms with E-state index in [-0.39, 0.29) is 16.6 Å². The lowest BCUT2D eigenvalue weighted by molar-refractivity contribution is -0.145. The number of fused-ring (bicyclic) bond motifs is 1. The number of unbranched alkanes of at least 4 members (excludes halogenated alkanes) is 1. The predicted molar refractivity (Wildman–Crippen MR) is 80.6 cm³/mol. The molecule has 2 nitrogen and oxygen atoms in total. The van der Waals surface area contributed by atoms with Crippen LogP contribution < -0.4 is 0 Å². The van der Waals surface area contributed by atoms with Gasteiger partial charge in [0, 0.05) is 11.8 Å². The van der Waals surface area contributed by atoms with Crippen molar-refractivity contribution in [3.63, 3.8) is 0 Å². The minimum absolute atomic E-state index is 0.0200. The topological polar surface area (TPSA) is 26.3 Å². The van der Waals surface area contributed by atoms with Gasteiger partial charge >= 0.3 is 0 Å². The van der Waals surface area contributed by atoms with Gasteiger partial charge in [-0.25, -0.2) is 0 Å². The normalized spacial score (nSPS) is 42.3. The van der Waals surface area contributed by atoms with Gasteiger partial charge in [0.1, 0.15) is 0 Å². The summed E-state index contributed by atoms with van der Waals surface area (Å²) in [5.74, 6) is 0.963. The third-order valence-electron chi connectivity index (χ3n) is 6.19. The maximum Gasteiger partial charge on any atom is 0.156 e. The van der Waals surface area contributed by atoms with Gasteiger partial charge in [-0.1, -0.05) is 20.3 Å². The summed E-state index contributed by atoms with van der Waals surface area (Å²) in [6.07, 6.45) is 9.43. The van der Waals surface area contributed by atoms with Gasteiger partial charge in [-0.15, -0.1) is 0 Å². The molecule has 2 bridgehead atoms. The summed E-state index contributed by atoms with van der Waals surface area (Å²) in [7, 11) is 0. The number of ketones is 1. The van der Waals surface area contributed by atoms with Crippen molar-refractivity contribution < 1.29 is 9.53 Å². The number of hydrogen-bond donors (Lipinski definition) is 0. The SMILES string of the molecule is CCCCC1=CC(=O)C[C@@]2(C)CC[C@@H]3C[C@]12OC3(C)C. The zero-order valence-corrected chi connectivity index (χ0v) is 13.4. The molecule has 1 saturated heterocycles. The van der Waals surface area contributed by atoms with Crippen LogP contribution in [0.25, 0.3) is 0 Å². The summed E-state index contributed by atoms with van der Waals surface area (Å²) in [6.45, 7) is 8.99. The van der Waals surface area contributed by atoms with E-state index in [1.807, 2.05) is 6.08 Å². The first-order valence-electron chi connectivity index (χ1n) is 8.27. The quantitative estimate of drug-likeness (QED) is 0.762. The van der Waals surface area contributed by atoms with Crippen LogP contribution in [0.2, 0.25) is 0 Å². The van der Waals surface area contributed by atoms with Gasteiger partial charge in [-0.05, 0) is 63.5 Å². The molecule has 0 amide bonds. The maximum atomic E-state index is 12.2. The van der Waals surface area contributed by atoms with Gasteiger partial charge < -0.3 is 4.74 Å². The summed E-state index contributed by atoms with van der Waals surface area (Å²) in [5.41, 5.74) is 1.13. The molecule has 1 aliphatic heterocycles. The lowest BCUT2D eigenvalue weighted by atomic mass is 9.55. The first-order chi connectivity index (χ1) is 9.33. The van der Waals surface area contributed by atoms with Crippen LogP contribution in [0.3, 0.4) is 0 Å². The van der Waals surface area contributed by atoms with E-state index in [1.54, 1.807) is 0 Å². The van der Waals surface area contributed by atoms with Crippen LogP contribution in [-0.4, -0.2) is 17.0 Å². The zero-order valence-electron chi connectivity index (χ0n) is 13.4. The molecular formula is C18H28O2. The van der Waals surface area contributed by atoms with Crippen LogP contribution in [0, 0.1) is 11.3 Å². The molecule has 2 aliphatic carbocycles. The molecule has 3 rings (SSSR count). The molecule has 1 spiro atoms. The summed E-state index contributed by atoms with van der Waals surface area (Å²) in [6, 6.07) is 0. The number of rotatable bonds is 3. The highest BCUT2D eigenvalue weighted by atomic mass is 16.5. The zero-order chi connectivity index (χ0) is 14.6. The fourth-order valence-corrected chi connectivity index (χ4v) is 4.88. The van der Waals surface area contributed by atoms with Gasteiger partial charge in [0.2, 0.25) is 0 Å². The Labute approximate surface area is 123 Å². The van der Waals surface area contributed by atoms with Crippen molar-refractivity contribution in [3.8, 4) is 0 Å². The van der Waals surface area contributed by atoms with Gasteiger partial charge in [0.25, 0.3) is 0 Å². The van der Waals surface area contributed by atoms with Crippen LogP contribution in [-0.2, 0) is 9.53 Å². The number of ether oxygens (including phenoxy) is 1. The van der Waals surface area contributed by atoms with Gasteiger partial charge in [-0.3, -0.25) is 4.79 Å². The molecule has 112 valence electrons. The van der Waals surface area contributed by atoms with Crippen molar-refractivity contribution >= 4 is 5.78 Å². The molecule has 1 heterocycles. The Morgan fingerprint density at radius 1 is 1.35 bits per heavy atom. The Bertz CT molecular complexity index is 462. The van der Waals surface area contributed by atoms with E-state index in [4.69, 9.17) is 4.74 Å². The number of carbonyl (C=O) groups excluding carboxylic acids is 1. The second kappa shape index (κ2) is 4.43. The van der Waals surface area contributed by atoms with Crippen molar-refractivity contribution in [1.29, 1.82) is 0 Å². The lowest BCUT2D eigenvalue weighted by Crippen LogP contribution is -2.53. The average Bonchev–Trinajstić information content (AvgIpc) is 2.59. The van der Waals surface area contributed by atoms with Crippen molar-refractivity contribution in [3.05, 3.63) is 11.6 Å². The van der Waals surface area contributed by atoms with Crippen LogP contribution >= 0.6 is 0 Å². The standard InChI is InChI=1S/C18H28O2/c1-5-6-7-13-10-15(19)12-17(4)9-8-14-11-18(13,17)20-16(14,2)3/h10,14H,5-9,11-12H2,1-4H3/t14-,17-,18+/m1/s1. The van der Waals surface area contributed by atoms with Crippen LogP contribution in [0.15, 0.2) is 11.6 Å². The number of hydrogen-bond acceptors (Lipinski definition) is 2. The largest absolute Gasteiger partial charge is 0.364 e. The first kappa shape index (κ1) is 14.3. The third-order valence-corrected chi connectivity index (χ3v) is 6.19. The van der Waals surface area contributed by atoms with E-state index in [0.29, 0.717) is 18.1 Å². The van der Waals surface area contributed by atoms with Crippen molar-refractivity contribution in [2.45, 2.75) is 83.8 Å². The summed E-state index contributed by atoms with van der Waals surface area (Å²) < 4.78 is 6.70. The second-order valence-electron chi connectivity index (χ2n) is 7.95. The lowest BCUT2D eigenvalue weighted by Gasteiger charge is -2.51. The van der Waals surface area contributed by atoms with E-state index in [2.05, 4.69) is 27.7 Å². The van der Waals surface area contributed by atoms with Gasteiger partial charge in [-0.2, -0.15) is 0 Å². The Kier molecular flexibility index (Phi) is 3.17. The van der Waals surface area contributed by atoms with E-state index in [1.165, 1.54) is 18.4 Å². The highest BCUT2D eigenvalue weighted by molar-refractivity contribution is 5.92. The van der Waals surface area contributed by atoms with E-state index < -0.39 is 0 Å².